The van der Waals surface area contributed by atoms with Gasteiger partial charge in [0.15, 0.2) is 5.82 Å². The molecule has 2 unspecified atom stereocenters. The van der Waals surface area contributed by atoms with Gasteiger partial charge in [0.1, 0.15) is 5.69 Å². The number of nitrogens with zero attached hydrogens (tertiary/aromatic N) is 5. The van der Waals surface area contributed by atoms with Crippen LogP contribution in [0, 0.1) is 5.92 Å². The van der Waals surface area contributed by atoms with Crippen LogP contribution in [0.15, 0.2) is 225 Å². The summed E-state index contributed by atoms with van der Waals surface area (Å²) in [4.78, 5) is 10.5. The zero-order valence-electron chi connectivity index (χ0n) is 33.8. The summed E-state index contributed by atoms with van der Waals surface area (Å²) < 4.78 is 4.54. The Hall–Kier alpha value is -8.15. The second-order valence-electron chi connectivity index (χ2n) is 16.0. The van der Waals surface area contributed by atoms with Crippen LogP contribution in [-0.2, 0) is 0 Å². The van der Waals surface area contributed by atoms with Crippen molar-refractivity contribution in [1.29, 1.82) is 0 Å². The molecule has 1 aliphatic heterocycles. The molecule has 2 aliphatic rings. The monoisotopic (exact) mass is 793 g/mol. The Morgan fingerprint density at radius 2 is 1.00 bits per heavy atom. The molecule has 0 spiro atoms. The van der Waals surface area contributed by atoms with Gasteiger partial charge in [-0.3, -0.25) is 0 Å². The second-order valence-corrected chi connectivity index (χ2v) is 16.0. The molecule has 0 saturated heterocycles. The third kappa shape index (κ3) is 6.05. The van der Waals surface area contributed by atoms with Gasteiger partial charge >= 0.3 is 0 Å². The van der Waals surface area contributed by atoms with Crippen LogP contribution in [0.2, 0.25) is 0 Å². The minimum atomic E-state index is 0.122. The summed E-state index contributed by atoms with van der Waals surface area (Å²) >= 11 is 0. The van der Waals surface area contributed by atoms with Crippen molar-refractivity contribution in [2.24, 2.45) is 5.92 Å². The summed E-state index contributed by atoms with van der Waals surface area (Å²) in [6.07, 6.45) is 11.4. The van der Waals surface area contributed by atoms with Crippen LogP contribution >= 0.6 is 0 Å². The summed E-state index contributed by atoms with van der Waals surface area (Å²) in [7, 11) is 0. The first-order valence-corrected chi connectivity index (χ1v) is 21.2. The molecule has 0 radical (unpaired) electrons. The van der Waals surface area contributed by atoms with Gasteiger partial charge in [0.25, 0.3) is 0 Å². The molecule has 0 bridgehead atoms. The van der Waals surface area contributed by atoms with Gasteiger partial charge in [-0.05, 0) is 59.7 Å². The summed E-state index contributed by atoms with van der Waals surface area (Å²) in [6, 6.07) is 68.4. The fraction of sp³-hybridized carbons (Fsp3) is 0.0351. The summed E-state index contributed by atoms with van der Waals surface area (Å²) in [5.74, 6) is 0.995. The van der Waals surface area contributed by atoms with Crippen molar-refractivity contribution in [3.05, 3.63) is 236 Å². The quantitative estimate of drug-likeness (QED) is 0.161. The lowest BCUT2D eigenvalue weighted by molar-refractivity contribution is 0.624. The van der Waals surface area contributed by atoms with Crippen molar-refractivity contribution >= 4 is 27.5 Å². The molecule has 0 N–H and O–H groups in total. The number of rotatable bonds is 7. The maximum Gasteiger partial charge on any atom is 0.160 e. The average molecular weight is 794 g/mol. The van der Waals surface area contributed by atoms with E-state index >= 15 is 0 Å². The van der Waals surface area contributed by atoms with Crippen molar-refractivity contribution in [2.75, 3.05) is 0 Å². The Balaban J connectivity index is 1.01. The molecule has 2 atom stereocenters. The average Bonchev–Trinajstić information content (AvgIpc) is 3.92. The Kier molecular flexibility index (Phi) is 8.56. The Bertz CT molecular complexity index is 3340. The predicted molar refractivity (Wildman–Crippen MR) is 254 cm³/mol. The SMILES string of the molecule is C1=CC2C=C(c3ccccc3)n3nc(-c4ccccc4)c(-c4cccc(-c5cc(-c6ccccc6)nc(-c6ccc(-n7c8ccccc8c8ccccc87)cc6)n5)c4)c3C2C=C1. The number of para-hydroxylation sites is 2. The van der Waals surface area contributed by atoms with Gasteiger partial charge in [-0.25, -0.2) is 14.6 Å². The highest BCUT2D eigenvalue weighted by atomic mass is 15.3. The van der Waals surface area contributed by atoms with E-state index in [-0.39, 0.29) is 11.8 Å². The first-order valence-electron chi connectivity index (χ1n) is 21.2. The Morgan fingerprint density at radius 1 is 0.435 bits per heavy atom. The van der Waals surface area contributed by atoms with Crippen LogP contribution in [0.25, 0.3) is 89.5 Å². The lowest BCUT2D eigenvalue weighted by atomic mass is 9.79. The first-order chi connectivity index (χ1) is 30.7. The molecule has 5 nitrogen and oxygen atoms in total. The minimum absolute atomic E-state index is 0.122. The predicted octanol–water partition coefficient (Wildman–Crippen LogP) is 13.8. The molecular formula is C57H39N5. The van der Waals surface area contributed by atoms with Crippen molar-refractivity contribution in [1.82, 2.24) is 24.3 Å². The van der Waals surface area contributed by atoms with Crippen molar-refractivity contribution in [3.63, 3.8) is 0 Å². The molecule has 7 aromatic carbocycles. The number of aromatic nitrogens is 5. The highest BCUT2D eigenvalue weighted by Crippen LogP contribution is 2.48. The van der Waals surface area contributed by atoms with Gasteiger partial charge in [-0.2, -0.15) is 5.10 Å². The van der Waals surface area contributed by atoms with E-state index in [9.17, 15) is 0 Å². The molecule has 10 aromatic rings. The summed E-state index contributed by atoms with van der Waals surface area (Å²) in [6.45, 7) is 0. The van der Waals surface area contributed by atoms with Gasteiger partial charge in [-0.15, -0.1) is 0 Å². The van der Waals surface area contributed by atoms with E-state index in [0.29, 0.717) is 5.82 Å². The summed E-state index contributed by atoms with van der Waals surface area (Å²) in [5.41, 5.74) is 15.9. The standard InChI is InChI=1S/C57H39N5/c1-4-17-38(18-5-1)49-37-50(59-57(58-49)41-31-33-45(34-32-41)61-51-29-14-12-27-47(51)48-28-13-15-30-52(48)61)43-24-16-25-44(35-43)54-55(40-21-8-3-9-22-40)60-62-53(39-19-6-2-7-20-39)36-42-23-10-11-26-46(42)56(54)62/h1-37,42,46H. The third-order valence-electron chi connectivity index (χ3n) is 12.3. The molecule has 292 valence electrons. The van der Waals surface area contributed by atoms with Crippen molar-refractivity contribution in [3.8, 4) is 62.0 Å². The Morgan fingerprint density at radius 3 is 1.69 bits per heavy atom. The lowest BCUT2D eigenvalue weighted by Gasteiger charge is -2.30. The molecule has 62 heavy (non-hydrogen) atoms. The number of fused-ring (bicyclic) bond motifs is 6. The second kappa shape index (κ2) is 14.8. The Labute approximate surface area is 359 Å². The van der Waals surface area contributed by atoms with Gasteiger partial charge in [0.05, 0.1) is 33.8 Å². The molecule has 0 fully saturated rings. The zero-order chi connectivity index (χ0) is 41.0. The number of hydrogen-bond donors (Lipinski definition) is 0. The van der Waals surface area contributed by atoms with Crippen LogP contribution in [0.3, 0.4) is 0 Å². The van der Waals surface area contributed by atoms with Crippen LogP contribution < -0.4 is 0 Å². The van der Waals surface area contributed by atoms with Crippen molar-refractivity contribution < 1.29 is 0 Å². The maximum atomic E-state index is 5.48. The largest absolute Gasteiger partial charge is 0.309 e. The molecule has 12 rings (SSSR count). The van der Waals surface area contributed by atoms with E-state index in [2.05, 4.69) is 228 Å². The fourth-order valence-electron chi connectivity index (χ4n) is 9.42. The summed E-state index contributed by atoms with van der Waals surface area (Å²) in [5, 5.41) is 7.96. The van der Waals surface area contributed by atoms with E-state index in [1.807, 2.05) is 6.07 Å². The third-order valence-corrected chi connectivity index (χ3v) is 12.3. The van der Waals surface area contributed by atoms with Crippen LogP contribution in [0.4, 0.5) is 0 Å². The van der Waals surface area contributed by atoms with Crippen LogP contribution in [-0.4, -0.2) is 24.3 Å². The molecule has 4 heterocycles. The number of allylic oxidation sites excluding steroid dienone is 5. The number of hydrogen-bond acceptors (Lipinski definition) is 3. The van der Waals surface area contributed by atoms with Crippen LogP contribution in [0.1, 0.15) is 17.2 Å². The molecule has 1 aliphatic carbocycles. The number of benzene rings is 7. The van der Waals surface area contributed by atoms with E-state index in [1.165, 1.54) is 27.5 Å². The van der Waals surface area contributed by atoms with Gasteiger partial charge in [0.2, 0.25) is 0 Å². The van der Waals surface area contributed by atoms with Gasteiger partial charge in [-0.1, -0.05) is 176 Å². The highest BCUT2D eigenvalue weighted by molar-refractivity contribution is 6.09. The minimum Gasteiger partial charge on any atom is -0.309 e. The highest BCUT2D eigenvalue weighted by Gasteiger charge is 2.35. The van der Waals surface area contributed by atoms with E-state index in [4.69, 9.17) is 15.1 Å². The smallest absolute Gasteiger partial charge is 0.160 e. The maximum absolute atomic E-state index is 5.48. The zero-order valence-corrected chi connectivity index (χ0v) is 33.8. The molecule has 3 aromatic heterocycles. The van der Waals surface area contributed by atoms with Gasteiger partial charge < -0.3 is 4.57 Å². The topological polar surface area (TPSA) is 48.5 Å². The molecule has 5 heteroatoms. The van der Waals surface area contributed by atoms with Gasteiger partial charge in [0, 0.05) is 56.1 Å². The molecule has 0 saturated carbocycles. The van der Waals surface area contributed by atoms with E-state index < -0.39 is 0 Å². The van der Waals surface area contributed by atoms with Crippen molar-refractivity contribution in [2.45, 2.75) is 5.92 Å². The first kappa shape index (κ1) is 35.8. The normalized spacial score (nSPS) is 15.4. The van der Waals surface area contributed by atoms with E-state index in [1.54, 1.807) is 0 Å². The lowest BCUT2D eigenvalue weighted by Crippen LogP contribution is -2.21. The fourth-order valence-corrected chi connectivity index (χ4v) is 9.42. The molecule has 0 amide bonds. The van der Waals surface area contributed by atoms with Crippen LogP contribution in [0.5, 0.6) is 0 Å². The van der Waals surface area contributed by atoms with E-state index in [0.717, 1.165) is 67.4 Å². The molecular weight excluding hydrogens is 755 g/mol.